The summed E-state index contributed by atoms with van der Waals surface area (Å²) in [7, 11) is 0. The molecular formula is C4H8O3SY-2. The Morgan fingerprint density at radius 1 is 1.56 bits per heavy atom. The molecule has 0 bridgehead atoms. The minimum Gasteiger partial charge on any atom is -0.691 e. The summed E-state index contributed by atoms with van der Waals surface area (Å²) in [5.41, 5.74) is 0. The van der Waals surface area contributed by atoms with Gasteiger partial charge < -0.3 is 12.2 Å². The van der Waals surface area contributed by atoms with Crippen molar-refractivity contribution in [3.05, 3.63) is 6.92 Å². The molecule has 0 unspecified atom stereocenters. The van der Waals surface area contributed by atoms with Crippen LogP contribution >= 0.6 is 12.0 Å². The topological polar surface area (TPSA) is 41.5 Å². The molecule has 0 aliphatic carbocycles. The minimum absolute atomic E-state index is 0. The van der Waals surface area contributed by atoms with Crippen LogP contribution in [0.3, 0.4) is 0 Å². The molecule has 0 aliphatic rings. The van der Waals surface area contributed by atoms with Crippen molar-refractivity contribution in [3.8, 4) is 0 Å². The quantitative estimate of drug-likeness (QED) is 0.303. The Kier molecular flexibility index (Phi) is 8.74. The van der Waals surface area contributed by atoms with E-state index in [0.29, 0.717) is 0 Å². The van der Waals surface area contributed by atoms with Gasteiger partial charge in [-0.05, 0) is 0 Å². The van der Waals surface area contributed by atoms with E-state index in [1.165, 1.54) is 0 Å². The van der Waals surface area contributed by atoms with Crippen LogP contribution in [0, 0.1) is 6.92 Å². The molecule has 5 heteroatoms. The van der Waals surface area contributed by atoms with Crippen LogP contribution in [0.1, 0.15) is 13.8 Å². The standard InChI is InChI=1S/C4H9O3S.Y/c1-4(2,3)8-7-6-5;/h5H,1H2,2-3H3;/q-1;/p-1. The van der Waals surface area contributed by atoms with E-state index in [1.807, 2.05) is 0 Å². The monoisotopic (exact) mass is 225 g/mol. The van der Waals surface area contributed by atoms with Crippen molar-refractivity contribution in [1.82, 2.24) is 0 Å². The number of hydrogen-bond donors (Lipinski definition) is 0. The normalized spacial score (nSPS) is 10.7. The summed E-state index contributed by atoms with van der Waals surface area (Å²) in [5, 5.41) is 12.3. The molecule has 0 atom stereocenters. The molecule has 0 N–H and O–H groups in total. The van der Waals surface area contributed by atoms with Crippen LogP contribution in [0.5, 0.6) is 0 Å². The van der Waals surface area contributed by atoms with E-state index in [2.05, 4.69) is 16.3 Å². The van der Waals surface area contributed by atoms with Gasteiger partial charge in [0, 0.05) is 44.8 Å². The van der Waals surface area contributed by atoms with Gasteiger partial charge in [-0.1, -0.05) is 18.6 Å². The zero-order chi connectivity index (χ0) is 6.62. The summed E-state index contributed by atoms with van der Waals surface area (Å²) < 4.78 is 3.67. The molecule has 0 spiro atoms. The molecule has 0 rings (SSSR count). The van der Waals surface area contributed by atoms with E-state index < -0.39 is 0 Å². The maximum Gasteiger partial charge on any atom is 0.00350 e. The fourth-order valence-electron chi connectivity index (χ4n) is 0.106. The van der Waals surface area contributed by atoms with Gasteiger partial charge in [-0.25, -0.2) is 0 Å². The van der Waals surface area contributed by atoms with Gasteiger partial charge in [0.05, 0.1) is 0 Å². The second-order valence-electron chi connectivity index (χ2n) is 1.98. The molecule has 0 aromatic heterocycles. The van der Waals surface area contributed by atoms with Gasteiger partial charge in [0.25, 0.3) is 0 Å². The Bertz CT molecular complexity index is 63.3. The molecule has 0 saturated carbocycles. The van der Waals surface area contributed by atoms with E-state index in [4.69, 9.17) is 0 Å². The van der Waals surface area contributed by atoms with Crippen molar-refractivity contribution in [3.63, 3.8) is 0 Å². The van der Waals surface area contributed by atoms with Crippen molar-refractivity contribution in [2.75, 3.05) is 0 Å². The molecule has 0 heterocycles. The third-order valence-electron chi connectivity index (χ3n) is 0.287. The SMILES string of the molecule is [CH2-]C(C)(C)SOO[O-].[Y]. The smallest absolute Gasteiger partial charge is 0.00350 e. The first kappa shape index (κ1) is 13.0. The van der Waals surface area contributed by atoms with Crippen LogP contribution in [0.25, 0.3) is 0 Å². The molecule has 0 saturated heterocycles. The van der Waals surface area contributed by atoms with Crippen LogP contribution in [0.4, 0.5) is 0 Å². The van der Waals surface area contributed by atoms with Gasteiger partial charge in [0.15, 0.2) is 0 Å². The maximum absolute atomic E-state index is 9.21. The number of hydrogen-bond acceptors (Lipinski definition) is 4. The second kappa shape index (κ2) is 6.07. The molecule has 9 heavy (non-hydrogen) atoms. The van der Waals surface area contributed by atoms with E-state index in [-0.39, 0.29) is 37.5 Å². The van der Waals surface area contributed by atoms with Crippen molar-refractivity contribution >= 4 is 12.0 Å². The maximum atomic E-state index is 9.21. The summed E-state index contributed by atoms with van der Waals surface area (Å²) in [6.45, 7) is 7.23. The largest absolute Gasteiger partial charge is 0.691 e. The molecule has 0 aromatic carbocycles. The molecule has 1 radical (unpaired) electrons. The van der Waals surface area contributed by atoms with Crippen LogP contribution in [0.15, 0.2) is 0 Å². The number of rotatable bonds is 3. The van der Waals surface area contributed by atoms with Gasteiger partial charge in [0.2, 0.25) is 0 Å². The summed E-state index contributed by atoms with van der Waals surface area (Å²) in [5.74, 6) is 0. The Morgan fingerprint density at radius 3 is 2.11 bits per heavy atom. The zero-order valence-electron chi connectivity index (χ0n) is 5.42. The summed E-state index contributed by atoms with van der Waals surface area (Å²) in [4.78, 5) is 0. The van der Waals surface area contributed by atoms with E-state index in [0.717, 1.165) is 12.0 Å². The van der Waals surface area contributed by atoms with E-state index >= 15 is 0 Å². The van der Waals surface area contributed by atoms with Crippen LogP contribution in [0.2, 0.25) is 0 Å². The third-order valence-corrected chi connectivity index (χ3v) is 0.862. The average molecular weight is 225 g/mol. The molecule has 0 aromatic rings. The van der Waals surface area contributed by atoms with Gasteiger partial charge in [-0.3, -0.25) is 5.04 Å². The van der Waals surface area contributed by atoms with Gasteiger partial charge >= 0.3 is 0 Å². The fraction of sp³-hybridized carbons (Fsp3) is 0.750. The molecule has 0 aliphatic heterocycles. The summed E-state index contributed by atoms with van der Waals surface area (Å²) >= 11 is 0.888. The third kappa shape index (κ3) is 12.5. The summed E-state index contributed by atoms with van der Waals surface area (Å²) in [6.07, 6.45) is 0. The van der Waals surface area contributed by atoms with Gasteiger partial charge in [-0.2, -0.15) is 4.33 Å². The van der Waals surface area contributed by atoms with Gasteiger partial charge in [0.1, 0.15) is 0 Å². The van der Waals surface area contributed by atoms with Crippen molar-refractivity contribution in [1.29, 1.82) is 0 Å². The predicted molar refractivity (Wildman–Crippen MR) is 29.2 cm³/mol. The Morgan fingerprint density at radius 2 is 2.00 bits per heavy atom. The average Bonchev–Trinajstić information content (AvgIpc) is 1.59. The molecular weight excluding hydrogens is 217 g/mol. The summed E-state index contributed by atoms with van der Waals surface area (Å²) in [6, 6.07) is 0. The van der Waals surface area contributed by atoms with E-state index in [1.54, 1.807) is 13.8 Å². The second-order valence-corrected chi connectivity index (χ2v) is 3.39. The Balaban J connectivity index is 0. The van der Waals surface area contributed by atoms with Crippen molar-refractivity contribution in [2.45, 2.75) is 18.6 Å². The van der Waals surface area contributed by atoms with E-state index in [9.17, 15) is 5.26 Å². The first-order valence-electron chi connectivity index (χ1n) is 2.06. The van der Waals surface area contributed by atoms with Gasteiger partial charge in [-0.15, -0.1) is 0 Å². The molecule has 53 valence electrons. The van der Waals surface area contributed by atoms with Crippen molar-refractivity contribution in [2.24, 2.45) is 0 Å². The molecule has 0 amide bonds. The molecule has 0 fully saturated rings. The first-order valence-corrected chi connectivity index (χ1v) is 2.80. The Labute approximate surface area is 84.4 Å². The fourth-order valence-corrected chi connectivity index (χ4v) is 0.318. The van der Waals surface area contributed by atoms with Crippen LogP contribution in [-0.4, -0.2) is 4.75 Å². The minimum atomic E-state index is -0.329. The van der Waals surface area contributed by atoms with Crippen LogP contribution < -0.4 is 5.26 Å². The van der Waals surface area contributed by atoms with Crippen LogP contribution in [-0.2, 0) is 42.1 Å². The zero-order valence-corrected chi connectivity index (χ0v) is 9.07. The molecule has 3 nitrogen and oxygen atoms in total. The Hall–Kier alpha value is 1.33. The van der Waals surface area contributed by atoms with Crippen molar-refractivity contribution < 1.29 is 47.3 Å². The predicted octanol–water partition coefficient (Wildman–Crippen LogP) is 0.468. The first-order chi connectivity index (χ1) is 3.56.